The van der Waals surface area contributed by atoms with E-state index in [0.29, 0.717) is 30.1 Å². The molecule has 0 atom stereocenters. The van der Waals surface area contributed by atoms with Crippen LogP contribution in [-0.2, 0) is 4.79 Å². The van der Waals surface area contributed by atoms with Gasteiger partial charge in [0.1, 0.15) is 0 Å². The Morgan fingerprint density at radius 3 is 2.50 bits per heavy atom. The number of ether oxygens (including phenoxy) is 2. The highest BCUT2D eigenvalue weighted by Gasteiger charge is 2.25. The number of fused-ring (bicyclic) bond motifs is 1. The molecule has 2 aromatic rings. The zero-order chi connectivity index (χ0) is 17.9. The van der Waals surface area contributed by atoms with Gasteiger partial charge in [0.2, 0.25) is 12.7 Å². The van der Waals surface area contributed by atoms with Gasteiger partial charge in [-0.05, 0) is 79.5 Å². The number of hydrogen-bond acceptors (Lipinski definition) is 3. The van der Waals surface area contributed by atoms with Crippen molar-refractivity contribution in [2.75, 3.05) is 12.1 Å². The van der Waals surface area contributed by atoms with Gasteiger partial charge in [-0.2, -0.15) is 0 Å². The van der Waals surface area contributed by atoms with Gasteiger partial charge in [-0.3, -0.25) is 4.79 Å². The third kappa shape index (κ3) is 3.96. The normalized spacial score (nSPS) is 21.4. The average molecular weight is 372 g/mol. The number of nitrogens with one attached hydrogen (secondary N) is 1. The third-order valence-corrected chi connectivity index (χ3v) is 5.57. The van der Waals surface area contributed by atoms with E-state index in [1.165, 1.54) is 5.56 Å². The molecule has 1 amide bonds. The lowest BCUT2D eigenvalue weighted by molar-refractivity contribution is -0.117. The van der Waals surface area contributed by atoms with E-state index in [0.717, 1.165) is 42.9 Å². The Kier molecular flexibility index (Phi) is 5.02. The van der Waals surface area contributed by atoms with E-state index in [-0.39, 0.29) is 5.91 Å². The van der Waals surface area contributed by atoms with E-state index in [9.17, 15) is 4.79 Å². The summed E-state index contributed by atoms with van der Waals surface area (Å²) in [6.45, 7) is 0.314. The fraction of sp³-hybridized carbons (Fsp3) is 0.381. The molecule has 0 spiro atoms. The van der Waals surface area contributed by atoms with Crippen molar-refractivity contribution in [3.63, 3.8) is 0 Å². The van der Waals surface area contributed by atoms with E-state index < -0.39 is 0 Å². The van der Waals surface area contributed by atoms with Gasteiger partial charge in [0, 0.05) is 17.1 Å². The Hall–Kier alpha value is -2.20. The Balaban J connectivity index is 1.28. The zero-order valence-corrected chi connectivity index (χ0v) is 15.3. The SMILES string of the molecule is O=C(CC1CCC(c2ccc3c(c2)OCO3)CC1)Nc1ccc(Cl)cc1. The maximum atomic E-state index is 12.3. The third-order valence-electron chi connectivity index (χ3n) is 5.32. The van der Waals surface area contributed by atoms with Crippen molar-refractivity contribution in [1.29, 1.82) is 0 Å². The first kappa shape index (κ1) is 17.2. The largest absolute Gasteiger partial charge is 0.454 e. The van der Waals surface area contributed by atoms with Crippen LogP contribution in [-0.4, -0.2) is 12.7 Å². The fourth-order valence-corrected chi connectivity index (χ4v) is 4.00. The highest BCUT2D eigenvalue weighted by Crippen LogP contribution is 2.41. The van der Waals surface area contributed by atoms with Crippen LogP contribution in [0.1, 0.15) is 43.6 Å². The minimum absolute atomic E-state index is 0.0823. The number of carbonyl (C=O) groups is 1. The summed E-state index contributed by atoms with van der Waals surface area (Å²) in [5.41, 5.74) is 2.12. The summed E-state index contributed by atoms with van der Waals surface area (Å²) in [6.07, 6.45) is 4.95. The standard InChI is InChI=1S/C21H22ClNO3/c22-17-6-8-18(9-7-17)23-21(24)11-14-1-3-15(4-2-14)16-5-10-19-20(12-16)26-13-25-19/h5-10,12,14-15H,1-4,11,13H2,(H,23,24). The second kappa shape index (κ2) is 7.58. The fourth-order valence-electron chi connectivity index (χ4n) is 3.87. The number of rotatable bonds is 4. The summed E-state index contributed by atoms with van der Waals surface area (Å²) in [5, 5.41) is 3.63. The van der Waals surface area contributed by atoms with E-state index in [1.54, 1.807) is 12.1 Å². The Bertz CT molecular complexity index is 782. The first-order chi connectivity index (χ1) is 12.7. The molecule has 1 N–H and O–H groups in total. The van der Waals surface area contributed by atoms with E-state index in [4.69, 9.17) is 21.1 Å². The van der Waals surface area contributed by atoms with Crippen molar-refractivity contribution in [2.24, 2.45) is 5.92 Å². The van der Waals surface area contributed by atoms with Gasteiger partial charge in [0.25, 0.3) is 0 Å². The lowest BCUT2D eigenvalue weighted by Crippen LogP contribution is -2.20. The Morgan fingerprint density at radius 1 is 1.00 bits per heavy atom. The summed E-state index contributed by atoms with van der Waals surface area (Å²) in [5.74, 6) is 2.76. The minimum Gasteiger partial charge on any atom is -0.454 e. The molecular weight excluding hydrogens is 350 g/mol. The minimum atomic E-state index is 0.0823. The number of amides is 1. The van der Waals surface area contributed by atoms with Crippen molar-refractivity contribution in [1.82, 2.24) is 0 Å². The molecule has 4 nitrogen and oxygen atoms in total. The highest BCUT2D eigenvalue weighted by molar-refractivity contribution is 6.30. The summed E-state index contributed by atoms with van der Waals surface area (Å²) >= 11 is 5.87. The van der Waals surface area contributed by atoms with Crippen LogP contribution in [0.4, 0.5) is 5.69 Å². The summed E-state index contributed by atoms with van der Waals surface area (Å²) in [7, 11) is 0. The quantitative estimate of drug-likeness (QED) is 0.785. The molecular formula is C21H22ClNO3. The van der Waals surface area contributed by atoms with Gasteiger partial charge >= 0.3 is 0 Å². The topological polar surface area (TPSA) is 47.6 Å². The maximum absolute atomic E-state index is 12.3. The Labute approximate surface area is 158 Å². The van der Waals surface area contributed by atoms with Crippen molar-refractivity contribution in [3.8, 4) is 11.5 Å². The van der Waals surface area contributed by atoms with E-state index in [2.05, 4.69) is 17.4 Å². The first-order valence-corrected chi connectivity index (χ1v) is 9.50. The molecule has 2 aliphatic rings. The first-order valence-electron chi connectivity index (χ1n) is 9.12. The highest BCUT2D eigenvalue weighted by atomic mass is 35.5. The predicted octanol–water partition coefficient (Wildman–Crippen LogP) is 5.37. The van der Waals surface area contributed by atoms with Crippen LogP contribution in [0.5, 0.6) is 11.5 Å². The monoisotopic (exact) mass is 371 g/mol. The van der Waals surface area contributed by atoms with Gasteiger partial charge in [-0.15, -0.1) is 0 Å². The molecule has 2 aromatic carbocycles. The number of halogens is 1. The van der Waals surface area contributed by atoms with Crippen LogP contribution < -0.4 is 14.8 Å². The van der Waals surface area contributed by atoms with Crippen LogP contribution in [0.2, 0.25) is 5.02 Å². The summed E-state index contributed by atoms with van der Waals surface area (Å²) < 4.78 is 10.9. The summed E-state index contributed by atoms with van der Waals surface area (Å²) in [4.78, 5) is 12.3. The van der Waals surface area contributed by atoms with Crippen molar-refractivity contribution in [2.45, 2.75) is 38.0 Å². The van der Waals surface area contributed by atoms with Gasteiger partial charge in [-0.25, -0.2) is 0 Å². The molecule has 5 heteroatoms. The van der Waals surface area contributed by atoms with Gasteiger partial charge in [0.15, 0.2) is 11.5 Å². The number of benzene rings is 2. The van der Waals surface area contributed by atoms with E-state index in [1.807, 2.05) is 18.2 Å². The van der Waals surface area contributed by atoms with Gasteiger partial charge < -0.3 is 14.8 Å². The van der Waals surface area contributed by atoms with Crippen molar-refractivity contribution >= 4 is 23.2 Å². The second-order valence-electron chi connectivity index (χ2n) is 7.09. The molecule has 4 rings (SSSR count). The maximum Gasteiger partial charge on any atom is 0.231 e. The number of anilines is 1. The molecule has 0 radical (unpaired) electrons. The predicted molar refractivity (Wildman–Crippen MR) is 102 cm³/mol. The zero-order valence-electron chi connectivity index (χ0n) is 14.5. The van der Waals surface area contributed by atoms with Gasteiger partial charge in [0.05, 0.1) is 0 Å². The van der Waals surface area contributed by atoms with E-state index >= 15 is 0 Å². The number of hydrogen-bond donors (Lipinski definition) is 1. The lowest BCUT2D eigenvalue weighted by Gasteiger charge is -2.28. The average Bonchev–Trinajstić information content (AvgIpc) is 3.12. The molecule has 0 aromatic heterocycles. The van der Waals surface area contributed by atoms with Gasteiger partial charge in [-0.1, -0.05) is 17.7 Å². The van der Waals surface area contributed by atoms with Crippen LogP contribution in [0.15, 0.2) is 42.5 Å². The molecule has 136 valence electrons. The molecule has 1 saturated carbocycles. The van der Waals surface area contributed by atoms with Crippen molar-refractivity contribution in [3.05, 3.63) is 53.1 Å². The molecule has 1 aliphatic carbocycles. The molecule has 1 aliphatic heterocycles. The van der Waals surface area contributed by atoms with Crippen LogP contribution in [0, 0.1) is 5.92 Å². The smallest absolute Gasteiger partial charge is 0.231 e. The van der Waals surface area contributed by atoms with Crippen LogP contribution in [0.25, 0.3) is 0 Å². The van der Waals surface area contributed by atoms with Crippen LogP contribution in [0.3, 0.4) is 0 Å². The number of carbonyl (C=O) groups excluding carboxylic acids is 1. The molecule has 0 saturated heterocycles. The van der Waals surface area contributed by atoms with Crippen LogP contribution >= 0.6 is 11.6 Å². The molecule has 0 bridgehead atoms. The Morgan fingerprint density at radius 2 is 1.73 bits per heavy atom. The molecule has 1 fully saturated rings. The summed E-state index contributed by atoms with van der Waals surface area (Å²) in [6, 6.07) is 13.5. The molecule has 1 heterocycles. The molecule has 26 heavy (non-hydrogen) atoms. The lowest BCUT2D eigenvalue weighted by atomic mass is 9.77. The van der Waals surface area contributed by atoms with Crippen molar-refractivity contribution < 1.29 is 14.3 Å². The second-order valence-corrected chi connectivity index (χ2v) is 7.53. The molecule has 0 unspecified atom stereocenters.